The first-order valence-corrected chi connectivity index (χ1v) is 8.10. The van der Waals surface area contributed by atoms with Gasteiger partial charge in [0.2, 0.25) is 12.7 Å². The number of pyridine rings is 1. The molecule has 0 atom stereocenters. The number of hydrogen-bond donors (Lipinski definition) is 2. The molecule has 0 saturated heterocycles. The first-order valence-electron chi connectivity index (χ1n) is 8.10. The lowest BCUT2D eigenvalue weighted by molar-refractivity contribution is 0.174. The molecule has 0 fully saturated rings. The zero-order chi connectivity index (χ0) is 17.5. The van der Waals surface area contributed by atoms with Crippen molar-refractivity contribution in [3.63, 3.8) is 0 Å². The van der Waals surface area contributed by atoms with E-state index in [0.29, 0.717) is 19.2 Å². The molecule has 1 aliphatic heterocycles. The summed E-state index contributed by atoms with van der Waals surface area (Å²) >= 11 is 0. The summed E-state index contributed by atoms with van der Waals surface area (Å²) in [6, 6.07) is 9.85. The summed E-state index contributed by atoms with van der Waals surface area (Å²) in [7, 11) is 3.36. The molecule has 0 aliphatic carbocycles. The number of nitrogens with one attached hydrogen (secondary N) is 2. The molecule has 0 unspecified atom stereocenters. The van der Waals surface area contributed by atoms with Crippen LogP contribution in [0.1, 0.15) is 11.1 Å². The van der Waals surface area contributed by atoms with E-state index in [2.05, 4.69) is 26.7 Å². The molecule has 0 radical (unpaired) electrons. The number of halogens is 1. The molecule has 0 saturated carbocycles. The second-order valence-corrected chi connectivity index (χ2v) is 5.50. The Kier molecular flexibility index (Phi) is 7.76. The highest BCUT2D eigenvalue weighted by molar-refractivity contribution is 14.0. The van der Waals surface area contributed by atoms with Gasteiger partial charge in [0, 0.05) is 32.4 Å². The number of fused-ring (bicyclic) bond motifs is 1. The molecule has 0 amide bonds. The second-order valence-electron chi connectivity index (χ2n) is 5.50. The largest absolute Gasteiger partial charge is 0.481 e. The molecule has 1 aromatic carbocycles. The van der Waals surface area contributed by atoms with E-state index in [4.69, 9.17) is 14.2 Å². The minimum Gasteiger partial charge on any atom is -0.481 e. The summed E-state index contributed by atoms with van der Waals surface area (Å²) in [6.07, 6.45) is 2.59. The molecule has 140 valence electrons. The summed E-state index contributed by atoms with van der Waals surface area (Å²) < 4.78 is 15.9. The highest BCUT2D eigenvalue weighted by Gasteiger charge is 2.12. The molecule has 1 aromatic heterocycles. The van der Waals surface area contributed by atoms with E-state index in [1.807, 2.05) is 24.3 Å². The Bertz CT molecular complexity index is 755. The molecular formula is C18H23IN4O3. The fourth-order valence-corrected chi connectivity index (χ4v) is 2.50. The van der Waals surface area contributed by atoms with Crippen molar-refractivity contribution in [2.75, 3.05) is 27.5 Å². The highest BCUT2D eigenvalue weighted by atomic mass is 127. The van der Waals surface area contributed by atoms with Gasteiger partial charge in [0.1, 0.15) is 0 Å². The minimum atomic E-state index is 0. The summed E-state index contributed by atoms with van der Waals surface area (Å²) in [5, 5.41) is 6.58. The molecule has 0 spiro atoms. The van der Waals surface area contributed by atoms with Gasteiger partial charge in [-0.1, -0.05) is 6.07 Å². The average Bonchev–Trinajstić information content (AvgIpc) is 3.12. The molecule has 0 bridgehead atoms. The minimum absolute atomic E-state index is 0. The van der Waals surface area contributed by atoms with Crippen LogP contribution in [0.4, 0.5) is 0 Å². The van der Waals surface area contributed by atoms with Crippen LogP contribution in [0.25, 0.3) is 0 Å². The van der Waals surface area contributed by atoms with Crippen molar-refractivity contribution < 1.29 is 14.2 Å². The SMILES string of the molecule is CN=C(NCCc1ccc2c(c1)OCO2)NCc1ccnc(OC)c1.I. The lowest BCUT2D eigenvalue weighted by Gasteiger charge is -2.12. The number of methoxy groups -OCH3 is 1. The van der Waals surface area contributed by atoms with Gasteiger partial charge < -0.3 is 24.8 Å². The number of benzene rings is 1. The fourth-order valence-electron chi connectivity index (χ4n) is 2.50. The van der Waals surface area contributed by atoms with Gasteiger partial charge in [-0.05, 0) is 35.7 Å². The number of hydrogen-bond acceptors (Lipinski definition) is 5. The van der Waals surface area contributed by atoms with Gasteiger partial charge in [-0.25, -0.2) is 4.98 Å². The maximum absolute atomic E-state index is 5.40. The molecule has 26 heavy (non-hydrogen) atoms. The highest BCUT2D eigenvalue weighted by Crippen LogP contribution is 2.32. The van der Waals surface area contributed by atoms with Crippen molar-refractivity contribution in [3.05, 3.63) is 47.7 Å². The molecule has 3 rings (SSSR count). The van der Waals surface area contributed by atoms with Crippen LogP contribution in [0.3, 0.4) is 0 Å². The Hall–Kier alpha value is -2.23. The van der Waals surface area contributed by atoms with Crippen LogP contribution in [0.15, 0.2) is 41.5 Å². The van der Waals surface area contributed by atoms with Gasteiger partial charge >= 0.3 is 0 Å². The van der Waals surface area contributed by atoms with E-state index < -0.39 is 0 Å². The third-order valence-corrected chi connectivity index (χ3v) is 3.84. The number of aromatic nitrogens is 1. The van der Waals surface area contributed by atoms with Crippen molar-refractivity contribution in [1.29, 1.82) is 0 Å². The van der Waals surface area contributed by atoms with Gasteiger partial charge in [0.15, 0.2) is 17.5 Å². The van der Waals surface area contributed by atoms with E-state index in [9.17, 15) is 0 Å². The molecule has 2 aromatic rings. The lowest BCUT2D eigenvalue weighted by atomic mass is 10.1. The van der Waals surface area contributed by atoms with E-state index in [1.54, 1.807) is 20.4 Å². The standard InChI is InChI=1S/C18H22N4O3.HI/c1-19-18(22-11-14-6-7-20-17(10-14)23-2)21-8-5-13-3-4-15-16(9-13)25-12-24-15;/h3-4,6-7,9-10H,5,8,11-12H2,1-2H3,(H2,19,21,22);1H. The third kappa shape index (κ3) is 5.38. The van der Waals surface area contributed by atoms with Crippen LogP contribution in [0, 0.1) is 0 Å². The predicted octanol–water partition coefficient (Wildman–Crippen LogP) is 2.34. The zero-order valence-electron chi connectivity index (χ0n) is 14.8. The first kappa shape index (κ1) is 20.1. The van der Waals surface area contributed by atoms with Crippen LogP contribution in [0.2, 0.25) is 0 Å². The number of nitrogens with zero attached hydrogens (tertiary/aromatic N) is 2. The number of ether oxygens (including phenoxy) is 3. The topological polar surface area (TPSA) is 77.0 Å². The van der Waals surface area contributed by atoms with E-state index >= 15 is 0 Å². The molecular weight excluding hydrogens is 447 g/mol. The van der Waals surface area contributed by atoms with Gasteiger partial charge in [0.25, 0.3) is 0 Å². The molecule has 8 heteroatoms. The Morgan fingerprint density at radius 1 is 1.15 bits per heavy atom. The molecule has 1 aliphatic rings. The summed E-state index contributed by atoms with van der Waals surface area (Å²) in [6.45, 7) is 1.70. The van der Waals surface area contributed by atoms with Crippen LogP contribution in [-0.4, -0.2) is 38.4 Å². The van der Waals surface area contributed by atoms with Crippen molar-refractivity contribution in [2.45, 2.75) is 13.0 Å². The normalized spacial score (nSPS) is 12.3. The Morgan fingerprint density at radius 2 is 2.00 bits per heavy atom. The van der Waals surface area contributed by atoms with E-state index in [-0.39, 0.29) is 24.0 Å². The Morgan fingerprint density at radius 3 is 2.81 bits per heavy atom. The maximum Gasteiger partial charge on any atom is 0.231 e. The zero-order valence-corrected chi connectivity index (χ0v) is 17.2. The predicted molar refractivity (Wildman–Crippen MR) is 111 cm³/mol. The van der Waals surface area contributed by atoms with Gasteiger partial charge in [0.05, 0.1) is 7.11 Å². The number of rotatable bonds is 6. The van der Waals surface area contributed by atoms with Gasteiger partial charge in [-0.3, -0.25) is 4.99 Å². The van der Waals surface area contributed by atoms with Crippen LogP contribution >= 0.6 is 24.0 Å². The van der Waals surface area contributed by atoms with Crippen LogP contribution in [-0.2, 0) is 13.0 Å². The second kappa shape index (κ2) is 10.0. The monoisotopic (exact) mass is 470 g/mol. The summed E-state index contributed by atoms with van der Waals surface area (Å²) in [5.41, 5.74) is 2.26. The van der Waals surface area contributed by atoms with Crippen molar-refractivity contribution in [2.24, 2.45) is 4.99 Å². The maximum atomic E-state index is 5.40. The van der Waals surface area contributed by atoms with Gasteiger partial charge in [-0.15, -0.1) is 24.0 Å². The summed E-state index contributed by atoms with van der Waals surface area (Å²) in [5.74, 6) is 2.97. The molecule has 2 N–H and O–H groups in total. The smallest absolute Gasteiger partial charge is 0.231 e. The van der Waals surface area contributed by atoms with Crippen LogP contribution in [0.5, 0.6) is 17.4 Å². The number of aliphatic imine (C=N–C) groups is 1. The lowest BCUT2D eigenvalue weighted by Crippen LogP contribution is -2.37. The fraction of sp³-hybridized carbons (Fsp3) is 0.333. The van der Waals surface area contributed by atoms with E-state index in [0.717, 1.165) is 36.0 Å². The van der Waals surface area contributed by atoms with Crippen molar-refractivity contribution in [3.8, 4) is 17.4 Å². The van der Waals surface area contributed by atoms with Crippen molar-refractivity contribution in [1.82, 2.24) is 15.6 Å². The first-order chi connectivity index (χ1) is 12.3. The Balaban J connectivity index is 0.00000243. The third-order valence-electron chi connectivity index (χ3n) is 3.84. The Labute approximate surface area is 170 Å². The summed E-state index contributed by atoms with van der Waals surface area (Å²) in [4.78, 5) is 8.34. The molecule has 2 heterocycles. The van der Waals surface area contributed by atoms with Crippen molar-refractivity contribution >= 4 is 29.9 Å². The van der Waals surface area contributed by atoms with E-state index in [1.165, 1.54) is 5.56 Å². The average molecular weight is 470 g/mol. The number of guanidine groups is 1. The van der Waals surface area contributed by atoms with Crippen LogP contribution < -0.4 is 24.8 Å². The molecule has 7 nitrogen and oxygen atoms in total. The quantitative estimate of drug-likeness (QED) is 0.384. The van der Waals surface area contributed by atoms with Gasteiger partial charge in [-0.2, -0.15) is 0 Å².